The largest absolute Gasteiger partial charge is 0.508 e. The number of hydrogen-bond donors (Lipinski definition) is 2. The van der Waals surface area contributed by atoms with Crippen LogP contribution in [0.2, 0.25) is 15.1 Å². The van der Waals surface area contributed by atoms with Crippen molar-refractivity contribution < 1.29 is 14.3 Å². The van der Waals surface area contributed by atoms with Gasteiger partial charge in [-0.2, -0.15) is 0 Å². The molecule has 0 aliphatic carbocycles. The van der Waals surface area contributed by atoms with Crippen molar-refractivity contribution in [2.24, 2.45) is 0 Å². The number of rotatable bonds is 5. The fourth-order valence-corrected chi connectivity index (χ4v) is 3.78. The van der Waals surface area contributed by atoms with Gasteiger partial charge in [0, 0.05) is 21.7 Å². The van der Waals surface area contributed by atoms with E-state index in [0.717, 1.165) is 5.56 Å². The monoisotopic (exact) mass is 472 g/mol. The fourth-order valence-electron chi connectivity index (χ4n) is 3.03. The summed E-state index contributed by atoms with van der Waals surface area (Å²) in [6.07, 6.45) is -0.0972. The number of carbonyl (C=O) groups is 1. The smallest absolute Gasteiger partial charge is 0.231 e. The molecule has 4 aromatic rings. The van der Waals surface area contributed by atoms with E-state index in [1.807, 2.05) is 30.3 Å². The molecule has 0 spiro atoms. The Labute approximate surface area is 193 Å². The summed E-state index contributed by atoms with van der Waals surface area (Å²) >= 11 is 18.6. The molecule has 0 fully saturated rings. The number of benzene rings is 3. The number of halogens is 3. The van der Waals surface area contributed by atoms with Gasteiger partial charge in [0.2, 0.25) is 17.7 Å². The SMILES string of the molecule is O=C(Cc1ccc(Cl)cc1O)Nc1oc(-c2ccccc2)nc1-c1c(Cl)cccc1Cl. The second-order valence-corrected chi connectivity index (χ2v) is 7.91. The van der Waals surface area contributed by atoms with Crippen molar-refractivity contribution in [1.29, 1.82) is 0 Å². The maximum Gasteiger partial charge on any atom is 0.231 e. The first-order valence-corrected chi connectivity index (χ1v) is 10.3. The third kappa shape index (κ3) is 4.69. The van der Waals surface area contributed by atoms with Gasteiger partial charge in [0.15, 0.2) is 0 Å². The van der Waals surface area contributed by atoms with Crippen molar-refractivity contribution in [3.8, 4) is 28.5 Å². The van der Waals surface area contributed by atoms with Crippen LogP contribution in [-0.4, -0.2) is 16.0 Å². The van der Waals surface area contributed by atoms with Crippen molar-refractivity contribution in [3.05, 3.63) is 87.4 Å². The van der Waals surface area contributed by atoms with Gasteiger partial charge in [0.25, 0.3) is 0 Å². The van der Waals surface area contributed by atoms with Gasteiger partial charge in [-0.25, -0.2) is 4.98 Å². The van der Waals surface area contributed by atoms with Crippen LogP contribution >= 0.6 is 34.8 Å². The Hall–Kier alpha value is -2.99. The molecule has 4 rings (SSSR count). The molecule has 0 bridgehead atoms. The summed E-state index contributed by atoms with van der Waals surface area (Å²) in [5, 5.41) is 13.9. The molecule has 1 aromatic heterocycles. The highest BCUT2D eigenvalue weighted by molar-refractivity contribution is 6.39. The number of aromatic nitrogens is 1. The molecule has 3 aromatic carbocycles. The lowest BCUT2D eigenvalue weighted by molar-refractivity contribution is -0.115. The van der Waals surface area contributed by atoms with Crippen molar-refractivity contribution in [1.82, 2.24) is 4.98 Å². The van der Waals surface area contributed by atoms with E-state index in [1.54, 1.807) is 30.3 Å². The Morgan fingerprint density at radius 3 is 2.35 bits per heavy atom. The highest BCUT2D eigenvalue weighted by Crippen LogP contribution is 2.40. The number of aromatic hydroxyl groups is 1. The second kappa shape index (κ2) is 9.02. The molecular formula is C23H15Cl3N2O3. The van der Waals surface area contributed by atoms with Crippen LogP contribution in [-0.2, 0) is 11.2 Å². The molecule has 0 aliphatic heterocycles. The number of amides is 1. The lowest BCUT2D eigenvalue weighted by atomic mass is 10.1. The first-order chi connectivity index (χ1) is 14.9. The minimum Gasteiger partial charge on any atom is -0.508 e. The van der Waals surface area contributed by atoms with Gasteiger partial charge in [-0.05, 0) is 36.4 Å². The van der Waals surface area contributed by atoms with Gasteiger partial charge in [0.05, 0.1) is 16.5 Å². The summed E-state index contributed by atoms with van der Waals surface area (Å²) in [7, 11) is 0. The molecule has 0 atom stereocenters. The first-order valence-electron chi connectivity index (χ1n) is 9.20. The Kier molecular flexibility index (Phi) is 6.18. The molecule has 1 heterocycles. The number of phenolic OH excluding ortho intramolecular Hbond substituents is 1. The minimum atomic E-state index is -0.419. The Bertz CT molecular complexity index is 1240. The van der Waals surface area contributed by atoms with Crippen LogP contribution in [0.4, 0.5) is 5.88 Å². The number of phenols is 1. The molecule has 31 heavy (non-hydrogen) atoms. The normalized spacial score (nSPS) is 10.8. The van der Waals surface area contributed by atoms with Crippen LogP contribution in [0, 0.1) is 0 Å². The van der Waals surface area contributed by atoms with E-state index < -0.39 is 5.91 Å². The Balaban J connectivity index is 1.72. The Morgan fingerprint density at radius 1 is 0.968 bits per heavy atom. The van der Waals surface area contributed by atoms with Gasteiger partial charge >= 0.3 is 0 Å². The number of anilines is 1. The predicted molar refractivity (Wildman–Crippen MR) is 123 cm³/mol. The van der Waals surface area contributed by atoms with Gasteiger partial charge in [-0.1, -0.05) is 65.1 Å². The van der Waals surface area contributed by atoms with E-state index in [2.05, 4.69) is 10.3 Å². The fraction of sp³-hybridized carbons (Fsp3) is 0.0435. The summed E-state index contributed by atoms with van der Waals surface area (Å²) in [5.74, 6) is -0.0825. The summed E-state index contributed by atoms with van der Waals surface area (Å²) in [6.45, 7) is 0. The maximum absolute atomic E-state index is 12.7. The lowest BCUT2D eigenvalue weighted by Gasteiger charge is -2.08. The van der Waals surface area contributed by atoms with Gasteiger partial charge in [-0.3, -0.25) is 10.1 Å². The Morgan fingerprint density at radius 2 is 1.68 bits per heavy atom. The molecule has 5 nitrogen and oxygen atoms in total. The molecule has 0 saturated carbocycles. The van der Waals surface area contributed by atoms with Crippen LogP contribution in [0.3, 0.4) is 0 Å². The molecule has 156 valence electrons. The molecule has 8 heteroatoms. The highest BCUT2D eigenvalue weighted by Gasteiger charge is 2.22. The molecule has 0 saturated heterocycles. The highest BCUT2D eigenvalue weighted by atomic mass is 35.5. The quantitative estimate of drug-likeness (QED) is 0.332. The molecule has 0 aliphatic rings. The van der Waals surface area contributed by atoms with Crippen molar-refractivity contribution in [2.75, 3.05) is 5.32 Å². The summed E-state index contributed by atoms with van der Waals surface area (Å²) in [4.78, 5) is 17.3. The molecule has 0 unspecified atom stereocenters. The summed E-state index contributed by atoms with van der Waals surface area (Å²) in [6, 6.07) is 18.9. The van der Waals surface area contributed by atoms with Crippen LogP contribution in [0.1, 0.15) is 5.56 Å². The molecular weight excluding hydrogens is 459 g/mol. The van der Waals surface area contributed by atoms with Crippen molar-refractivity contribution in [3.63, 3.8) is 0 Å². The van der Waals surface area contributed by atoms with E-state index in [9.17, 15) is 9.90 Å². The molecule has 0 radical (unpaired) electrons. The maximum atomic E-state index is 12.7. The lowest BCUT2D eigenvalue weighted by Crippen LogP contribution is -2.14. The standard InChI is InChI=1S/C23H15Cl3N2O3/c24-15-10-9-14(18(29)12-15)11-19(30)27-23-21(20-16(25)7-4-8-17(20)26)28-22(31-23)13-5-2-1-3-6-13/h1-10,12,29H,11H2,(H,27,30). The average Bonchev–Trinajstić information content (AvgIpc) is 3.14. The third-order valence-electron chi connectivity index (χ3n) is 4.50. The zero-order chi connectivity index (χ0) is 22.0. The summed E-state index contributed by atoms with van der Waals surface area (Å²) in [5.41, 5.74) is 1.90. The van der Waals surface area contributed by atoms with E-state index >= 15 is 0 Å². The zero-order valence-electron chi connectivity index (χ0n) is 15.9. The minimum absolute atomic E-state index is 0.0698. The topological polar surface area (TPSA) is 75.4 Å². The number of oxazole rings is 1. The van der Waals surface area contributed by atoms with Gasteiger partial charge in [0.1, 0.15) is 11.4 Å². The van der Waals surface area contributed by atoms with Crippen molar-refractivity contribution in [2.45, 2.75) is 6.42 Å². The van der Waals surface area contributed by atoms with E-state index in [-0.39, 0.29) is 18.1 Å². The van der Waals surface area contributed by atoms with Crippen LogP contribution in [0.5, 0.6) is 5.75 Å². The van der Waals surface area contributed by atoms with Gasteiger partial charge < -0.3 is 9.52 Å². The van der Waals surface area contributed by atoms with E-state index in [1.165, 1.54) is 6.07 Å². The number of carbonyl (C=O) groups excluding carboxylic acids is 1. The van der Waals surface area contributed by atoms with Crippen LogP contribution in [0.25, 0.3) is 22.7 Å². The first kappa shape index (κ1) is 21.2. The van der Waals surface area contributed by atoms with E-state index in [4.69, 9.17) is 39.2 Å². The van der Waals surface area contributed by atoms with Crippen molar-refractivity contribution >= 4 is 46.6 Å². The second-order valence-electron chi connectivity index (χ2n) is 6.66. The van der Waals surface area contributed by atoms with E-state index in [0.29, 0.717) is 37.8 Å². The number of nitrogens with one attached hydrogen (secondary N) is 1. The zero-order valence-corrected chi connectivity index (χ0v) is 18.2. The number of hydrogen-bond acceptors (Lipinski definition) is 4. The third-order valence-corrected chi connectivity index (χ3v) is 5.36. The molecule has 2 N–H and O–H groups in total. The summed E-state index contributed by atoms with van der Waals surface area (Å²) < 4.78 is 5.88. The van der Waals surface area contributed by atoms with Crippen LogP contribution in [0.15, 0.2) is 71.1 Å². The predicted octanol–water partition coefficient (Wildman–Crippen LogP) is 6.86. The van der Waals surface area contributed by atoms with Crippen LogP contribution < -0.4 is 5.32 Å². The average molecular weight is 474 g/mol. The van der Waals surface area contributed by atoms with Gasteiger partial charge in [-0.15, -0.1) is 0 Å². The number of nitrogens with zero attached hydrogens (tertiary/aromatic N) is 1. The molecule has 1 amide bonds.